The molecule has 3 N–H and O–H groups in total. The molecule has 0 aliphatic heterocycles. The minimum Gasteiger partial charge on any atom is -0.492 e. The van der Waals surface area contributed by atoms with Crippen LogP contribution >= 0.6 is 11.6 Å². The van der Waals surface area contributed by atoms with Crippen molar-refractivity contribution in [1.82, 2.24) is 15.4 Å². The lowest BCUT2D eigenvalue weighted by Gasteiger charge is -2.29. The van der Waals surface area contributed by atoms with Crippen LogP contribution < -0.4 is 10.2 Å². The number of fused-ring (bicyclic) bond motifs is 2. The normalized spacial score (nSPS) is 14.9. The van der Waals surface area contributed by atoms with Gasteiger partial charge in [0.05, 0.1) is 0 Å². The van der Waals surface area contributed by atoms with Crippen molar-refractivity contribution < 1.29 is 14.7 Å². The van der Waals surface area contributed by atoms with Crippen LogP contribution in [0.5, 0.6) is 5.75 Å². The molecule has 0 fully saturated rings. The number of aryl methyl sites for hydroxylation is 1. The van der Waals surface area contributed by atoms with Crippen LogP contribution in [0, 0.1) is 0 Å². The van der Waals surface area contributed by atoms with Crippen molar-refractivity contribution in [3.63, 3.8) is 0 Å². The number of hydrogen-bond acceptors (Lipinski definition) is 4. The minimum atomic E-state index is -0.539. The second kappa shape index (κ2) is 11.6. The van der Waals surface area contributed by atoms with Gasteiger partial charge in [-0.05, 0) is 77.9 Å². The third-order valence-electron chi connectivity index (χ3n) is 7.00. The highest BCUT2D eigenvalue weighted by Crippen LogP contribution is 2.37. The molecular weight excluding hydrogens is 486 g/mol. The van der Waals surface area contributed by atoms with Gasteiger partial charge in [0.2, 0.25) is 0 Å². The summed E-state index contributed by atoms with van der Waals surface area (Å²) in [6.07, 6.45) is 8.12. The topological polar surface area (TPSA) is 77.6 Å². The number of aromatic amines is 1. The molecule has 1 aromatic heterocycles. The number of aromatic nitrogens is 1. The molecule has 5 rings (SSSR count). The van der Waals surface area contributed by atoms with Gasteiger partial charge in [0.1, 0.15) is 12.4 Å². The molecule has 1 heterocycles. The van der Waals surface area contributed by atoms with Gasteiger partial charge in [-0.2, -0.15) is 0 Å². The zero-order chi connectivity index (χ0) is 25.6. The van der Waals surface area contributed by atoms with Crippen LogP contribution in [0.25, 0.3) is 17.0 Å². The van der Waals surface area contributed by atoms with E-state index in [1.165, 1.54) is 28.2 Å². The molecule has 0 radical (unpaired) electrons. The summed E-state index contributed by atoms with van der Waals surface area (Å²) in [5.74, 6) is 0.277. The van der Waals surface area contributed by atoms with E-state index in [2.05, 4.69) is 52.5 Å². The predicted octanol–water partition coefficient (Wildman–Crippen LogP) is 5.95. The number of nitrogens with zero attached hydrogens (tertiary/aromatic N) is 1. The summed E-state index contributed by atoms with van der Waals surface area (Å²) in [4.78, 5) is 17.3. The maximum atomic E-state index is 11.4. The first-order valence-electron chi connectivity index (χ1n) is 12.5. The molecule has 0 saturated carbocycles. The van der Waals surface area contributed by atoms with Gasteiger partial charge >= 0.3 is 0 Å². The molecule has 0 spiro atoms. The van der Waals surface area contributed by atoms with E-state index in [1.54, 1.807) is 11.6 Å². The van der Waals surface area contributed by atoms with E-state index in [1.807, 2.05) is 30.3 Å². The van der Waals surface area contributed by atoms with E-state index in [4.69, 9.17) is 21.5 Å². The molecule has 1 amide bonds. The number of para-hydroxylation sites is 1. The van der Waals surface area contributed by atoms with E-state index in [0.29, 0.717) is 17.7 Å². The van der Waals surface area contributed by atoms with Crippen molar-refractivity contribution in [2.45, 2.75) is 25.3 Å². The average molecular weight is 516 g/mol. The fourth-order valence-electron chi connectivity index (χ4n) is 5.14. The Morgan fingerprint density at radius 3 is 2.81 bits per heavy atom. The van der Waals surface area contributed by atoms with Crippen molar-refractivity contribution in [1.29, 1.82) is 0 Å². The number of carbonyl (C=O) groups is 1. The molecule has 1 aliphatic rings. The van der Waals surface area contributed by atoms with Crippen molar-refractivity contribution in [2.24, 2.45) is 0 Å². The number of halogens is 1. The second-order valence-electron chi connectivity index (χ2n) is 9.27. The molecule has 37 heavy (non-hydrogen) atoms. The molecule has 1 unspecified atom stereocenters. The largest absolute Gasteiger partial charge is 0.492 e. The van der Waals surface area contributed by atoms with Gasteiger partial charge in [-0.1, -0.05) is 48.0 Å². The van der Waals surface area contributed by atoms with Gasteiger partial charge in [0.15, 0.2) is 0 Å². The lowest BCUT2D eigenvalue weighted by molar-refractivity contribution is -0.124. The van der Waals surface area contributed by atoms with Gasteiger partial charge in [-0.3, -0.25) is 14.9 Å². The number of benzene rings is 3. The lowest BCUT2D eigenvalue weighted by atomic mass is 10.0. The maximum Gasteiger partial charge on any atom is 0.267 e. The van der Waals surface area contributed by atoms with Crippen LogP contribution in [-0.2, 0) is 17.6 Å². The quantitative estimate of drug-likeness (QED) is 0.138. The Kier molecular flexibility index (Phi) is 7.90. The lowest BCUT2D eigenvalue weighted by Crippen LogP contribution is -2.33. The Morgan fingerprint density at radius 1 is 1.14 bits per heavy atom. The summed E-state index contributed by atoms with van der Waals surface area (Å²) in [5, 5.41) is 10.7. The first kappa shape index (κ1) is 25.1. The molecule has 0 saturated heterocycles. The first-order valence-corrected chi connectivity index (χ1v) is 12.9. The number of hydrogen-bond donors (Lipinski definition) is 3. The fourth-order valence-corrected chi connectivity index (χ4v) is 5.27. The van der Waals surface area contributed by atoms with E-state index in [9.17, 15) is 4.79 Å². The molecule has 7 heteroatoms. The van der Waals surface area contributed by atoms with Gasteiger partial charge in [0, 0.05) is 47.3 Å². The molecule has 4 aromatic rings. The van der Waals surface area contributed by atoms with Gasteiger partial charge in [0.25, 0.3) is 5.91 Å². The Hall–Kier alpha value is -3.58. The van der Waals surface area contributed by atoms with Crippen LogP contribution in [0.4, 0.5) is 0 Å². The number of ether oxygens (including phenoxy) is 1. The van der Waals surface area contributed by atoms with Crippen molar-refractivity contribution in [2.75, 3.05) is 19.7 Å². The molecular formula is C30H30ClN3O3. The van der Waals surface area contributed by atoms with E-state index in [0.717, 1.165) is 49.2 Å². The standard InChI is InChI=1S/C30H30ClN3O3/c31-24-8-10-25(11-9-24)37-18-17-34(16-15-23-20-32-28-4-2-1-3-26(23)28)29-13-7-22-19-21(5-12-27(22)29)6-14-30(35)33-36/h1-6,8-12,14,19-20,29,32,36H,7,13,15-18H2,(H,33,35)/b14-6+. The number of amides is 1. The van der Waals surface area contributed by atoms with Crippen LogP contribution in [0.3, 0.4) is 0 Å². The van der Waals surface area contributed by atoms with Crippen LogP contribution in [0.15, 0.2) is 79.0 Å². The van der Waals surface area contributed by atoms with Crippen LogP contribution in [-0.4, -0.2) is 40.7 Å². The maximum absolute atomic E-state index is 11.4. The Morgan fingerprint density at radius 2 is 1.97 bits per heavy atom. The molecule has 1 aliphatic carbocycles. The highest BCUT2D eigenvalue weighted by molar-refractivity contribution is 6.30. The zero-order valence-electron chi connectivity index (χ0n) is 20.5. The predicted molar refractivity (Wildman–Crippen MR) is 147 cm³/mol. The zero-order valence-corrected chi connectivity index (χ0v) is 21.2. The van der Waals surface area contributed by atoms with Crippen molar-refractivity contribution in [3.8, 4) is 5.75 Å². The summed E-state index contributed by atoms with van der Waals surface area (Å²) in [5.41, 5.74) is 7.68. The monoisotopic (exact) mass is 515 g/mol. The molecule has 0 bridgehead atoms. The number of carbonyl (C=O) groups excluding carboxylic acids is 1. The highest BCUT2D eigenvalue weighted by atomic mass is 35.5. The van der Waals surface area contributed by atoms with E-state index >= 15 is 0 Å². The summed E-state index contributed by atoms with van der Waals surface area (Å²) < 4.78 is 6.06. The summed E-state index contributed by atoms with van der Waals surface area (Å²) >= 11 is 6.01. The Labute approximate surface area is 221 Å². The van der Waals surface area contributed by atoms with Crippen molar-refractivity contribution >= 4 is 34.5 Å². The number of rotatable bonds is 10. The average Bonchev–Trinajstić information content (AvgIpc) is 3.54. The molecule has 190 valence electrons. The van der Waals surface area contributed by atoms with Crippen LogP contribution in [0.1, 0.15) is 34.7 Å². The first-order chi connectivity index (χ1) is 18.1. The van der Waals surface area contributed by atoms with Gasteiger partial charge < -0.3 is 9.72 Å². The summed E-state index contributed by atoms with van der Waals surface area (Å²) in [6, 6.07) is 22.5. The number of nitrogens with one attached hydrogen (secondary N) is 2. The van der Waals surface area contributed by atoms with E-state index in [-0.39, 0.29) is 0 Å². The minimum absolute atomic E-state index is 0.299. The molecule has 6 nitrogen and oxygen atoms in total. The van der Waals surface area contributed by atoms with Gasteiger partial charge in [-0.15, -0.1) is 0 Å². The molecule has 3 aromatic carbocycles. The molecule has 1 atom stereocenters. The second-order valence-corrected chi connectivity index (χ2v) is 9.71. The highest BCUT2D eigenvalue weighted by Gasteiger charge is 2.28. The fraction of sp³-hybridized carbons (Fsp3) is 0.233. The third kappa shape index (κ3) is 6.05. The Bertz CT molecular complexity index is 1400. The van der Waals surface area contributed by atoms with Crippen molar-refractivity contribution in [3.05, 3.63) is 106 Å². The van der Waals surface area contributed by atoms with E-state index < -0.39 is 5.91 Å². The summed E-state index contributed by atoms with van der Waals surface area (Å²) in [6.45, 7) is 2.29. The van der Waals surface area contributed by atoms with Crippen LogP contribution in [0.2, 0.25) is 5.02 Å². The number of H-pyrrole nitrogens is 1. The smallest absolute Gasteiger partial charge is 0.267 e. The van der Waals surface area contributed by atoms with Gasteiger partial charge in [-0.25, -0.2) is 5.48 Å². The Balaban J connectivity index is 1.32. The SMILES string of the molecule is O=C(/C=C/c1ccc2c(c1)CCC2N(CCOc1ccc(Cl)cc1)CCc1c[nH]c2ccccc12)NO. The number of hydroxylamine groups is 1. The summed E-state index contributed by atoms with van der Waals surface area (Å²) in [7, 11) is 0. The third-order valence-corrected chi connectivity index (χ3v) is 7.25.